The number of aromatic nitrogens is 5. The highest BCUT2D eigenvalue weighted by Crippen LogP contribution is 2.48. The third kappa shape index (κ3) is 3.45. The first-order valence-electron chi connectivity index (χ1n) is 11.0. The molecular formula is C24H27N7O. The molecule has 2 N–H and O–H groups in total. The maximum atomic E-state index is 10.6. The van der Waals surface area contributed by atoms with E-state index >= 15 is 0 Å². The Labute approximate surface area is 186 Å². The van der Waals surface area contributed by atoms with Crippen LogP contribution in [-0.4, -0.2) is 49.0 Å². The number of aldehydes is 1. The number of aryl methyl sites for hydroxylation is 1. The van der Waals surface area contributed by atoms with Gasteiger partial charge in [0.2, 0.25) is 0 Å². The molecule has 0 unspecified atom stereocenters. The summed E-state index contributed by atoms with van der Waals surface area (Å²) in [5.41, 5.74) is 11.6. The Bertz CT molecular complexity index is 1200. The molecule has 8 heteroatoms. The van der Waals surface area contributed by atoms with Crippen LogP contribution in [0, 0.1) is 5.41 Å². The number of piperidine rings is 1. The van der Waals surface area contributed by atoms with Gasteiger partial charge in [0, 0.05) is 38.1 Å². The highest BCUT2D eigenvalue weighted by atomic mass is 16.1. The van der Waals surface area contributed by atoms with Crippen molar-refractivity contribution < 1.29 is 4.79 Å². The van der Waals surface area contributed by atoms with Crippen LogP contribution in [0.15, 0.2) is 43.0 Å². The van der Waals surface area contributed by atoms with Crippen molar-refractivity contribution in [2.45, 2.75) is 32.1 Å². The number of nitrogens with two attached hydrogens (primary N) is 1. The predicted octanol–water partition coefficient (Wildman–Crippen LogP) is 3.37. The lowest BCUT2D eigenvalue weighted by Crippen LogP contribution is -2.38. The standard InChI is InChI=1S/C24H27N7O/c1-30-21(17-5-7-24(8-6-17)9-13-31(14-10-24)12-3-15-32)19(18-4-2-11-28-29-18)20-22(25)26-16-27-23(20)30/h2-5,11-12,15-16H,6-10,13-14H2,1H3,(H2,25,26,27). The average molecular weight is 430 g/mol. The summed E-state index contributed by atoms with van der Waals surface area (Å²) in [7, 11) is 2.03. The van der Waals surface area contributed by atoms with Gasteiger partial charge in [-0.3, -0.25) is 4.79 Å². The number of carbonyl (C=O) groups excluding carboxylic acids is 1. The van der Waals surface area contributed by atoms with Crippen molar-refractivity contribution in [3.63, 3.8) is 0 Å². The van der Waals surface area contributed by atoms with Crippen LogP contribution in [0.5, 0.6) is 0 Å². The molecule has 0 atom stereocenters. The van der Waals surface area contributed by atoms with Crippen molar-refractivity contribution in [3.8, 4) is 11.3 Å². The molecule has 1 saturated heterocycles. The Morgan fingerprint density at radius 3 is 2.72 bits per heavy atom. The van der Waals surface area contributed by atoms with Crippen LogP contribution >= 0.6 is 0 Å². The van der Waals surface area contributed by atoms with E-state index in [4.69, 9.17) is 5.73 Å². The van der Waals surface area contributed by atoms with Crippen LogP contribution in [-0.2, 0) is 11.8 Å². The van der Waals surface area contributed by atoms with E-state index in [0.717, 1.165) is 79.5 Å². The molecule has 0 aromatic carbocycles. The zero-order valence-electron chi connectivity index (χ0n) is 18.2. The fraction of sp³-hybridized carbons (Fsp3) is 0.375. The van der Waals surface area contributed by atoms with E-state index in [-0.39, 0.29) is 0 Å². The molecule has 5 rings (SSSR count). The van der Waals surface area contributed by atoms with E-state index in [1.807, 2.05) is 25.4 Å². The first-order valence-corrected chi connectivity index (χ1v) is 11.0. The second-order valence-electron chi connectivity index (χ2n) is 8.80. The third-order valence-electron chi connectivity index (χ3n) is 7.07. The molecule has 4 heterocycles. The minimum Gasteiger partial charge on any atom is -0.383 e. The van der Waals surface area contributed by atoms with Gasteiger partial charge in [-0.15, -0.1) is 0 Å². The van der Waals surface area contributed by atoms with E-state index in [1.54, 1.807) is 12.3 Å². The number of nitrogen functional groups attached to an aromatic ring is 1. The summed E-state index contributed by atoms with van der Waals surface area (Å²) >= 11 is 0. The van der Waals surface area contributed by atoms with Gasteiger partial charge >= 0.3 is 0 Å². The van der Waals surface area contributed by atoms with Crippen molar-refractivity contribution in [1.29, 1.82) is 0 Å². The van der Waals surface area contributed by atoms with E-state index in [0.29, 0.717) is 11.2 Å². The Balaban J connectivity index is 1.51. The summed E-state index contributed by atoms with van der Waals surface area (Å²) in [6, 6.07) is 3.85. The summed E-state index contributed by atoms with van der Waals surface area (Å²) in [6.07, 6.45) is 15.4. The summed E-state index contributed by atoms with van der Waals surface area (Å²) in [6.45, 7) is 2.00. The molecule has 1 aliphatic carbocycles. The van der Waals surface area contributed by atoms with Gasteiger partial charge in [-0.05, 0) is 61.3 Å². The number of nitrogens with zero attached hydrogens (tertiary/aromatic N) is 6. The second-order valence-corrected chi connectivity index (χ2v) is 8.80. The van der Waals surface area contributed by atoms with Crippen LogP contribution in [0.3, 0.4) is 0 Å². The summed E-state index contributed by atoms with van der Waals surface area (Å²) in [4.78, 5) is 21.6. The maximum Gasteiger partial charge on any atom is 0.146 e. The number of rotatable bonds is 4. The molecule has 0 bridgehead atoms. The third-order valence-corrected chi connectivity index (χ3v) is 7.07. The van der Waals surface area contributed by atoms with Gasteiger partial charge in [0.25, 0.3) is 0 Å². The minimum absolute atomic E-state index is 0.338. The van der Waals surface area contributed by atoms with Crippen molar-refractivity contribution in [1.82, 2.24) is 29.6 Å². The van der Waals surface area contributed by atoms with Gasteiger partial charge < -0.3 is 15.2 Å². The molecule has 2 aliphatic rings. The van der Waals surface area contributed by atoms with Gasteiger partial charge in [-0.25, -0.2) is 9.97 Å². The summed E-state index contributed by atoms with van der Waals surface area (Å²) < 4.78 is 2.12. The first kappa shape index (κ1) is 20.4. The van der Waals surface area contributed by atoms with Crippen molar-refractivity contribution in [3.05, 3.63) is 48.7 Å². The van der Waals surface area contributed by atoms with Crippen molar-refractivity contribution in [2.75, 3.05) is 18.8 Å². The lowest BCUT2D eigenvalue weighted by molar-refractivity contribution is -0.104. The minimum atomic E-state index is 0.338. The van der Waals surface area contributed by atoms with E-state index in [2.05, 4.69) is 35.7 Å². The average Bonchev–Trinajstić information content (AvgIpc) is 3.14. The number of hydrogen-bond donors (Lipinski definition) is 1. The molecule has 0 amide bonds. The number of hydrogen-bond acceptors (Lipinski definition) is 7. The van der Waals surface area contributed by atoms with E-state index < -0.39 is 0 Å². The molecule has 1 fully saturated rings. The zero-order valence-corrected chi connectivity index (χ0v) is 18.2. The lowest BCUT2D eigenvalue weighted by Gasteiger charge is -2.43. The number of likely N-dealkylation sites (tertiary alicyclic amines) is 1. The zero-order chi connectivity index (χ0) is 22.1. The molecular weight excluding hydrogens is 402 g/mol. The normalized spacial score (nSPS) is 18.4. The van der Waals surface area contributed by atoms with Crippen molar-refractivity contribution >= 4 is 28.7 Å². The molecule has 1 spiro atoms. The van der Waals surface area contributed by atoms with E-state index in [9.17, 15) is 4.79 Å². The molecule has 164 valence electrons. The number of carbonyl (C=O) groups is 1. The summed E-state index contributed by atoms with van der Waals surface area (Å²) in [5, 5.41) is 9.32. The molecule has 32 heavy (non-hydrogen) atoms. The largest absolute Gasteiger partial charge is 0.383 e. The Morgan fingerprint density at radius 2 is 2.03 bits per heavy atom. The Kier molecular flexibility index (Phi) is 5.20. The van der Waals surface area contributed by atoms with E-state index in [1.165, 1.54) is 11.9 Å². The highest BCUT2D eigenvalue weighted by Gasteiger charge is 2.36. The molecule has 0 radical (unpaired) electrons. The molecule has 1 aliphatic heterocycles. The fourth-order valence-corrected chi connectivity index (χ4v) is 5.25. The monoisotopic (exact) mass is 429 g/mol. The van der Waals surface area contributed by atoms with Crippen molar-refractivity contribution in [2.24, 2.45) is 12.5 Å². The van der Waals surface area contributed by atoms with Crippen LogP contribution in [0.1, 0.15) is 37.8 Å². The van der Waals surface area contributed by atoms with Gasteiger partial charge in [0.05, 0.1) is 16.8 Å². The molecule has 3 aromatic heterocycles. The smallest absolute Gasteiger partial charge is 0.146 e. The lowest BCUT2D eigenvalue weighted by atomic mass is 9.68. The summed E-state index contributed by atoms with van der Waals surface area (Å²) in [5.74, 6) is 0.459. The number of allylic oxidation sites excluding steroid dienone is 3. The number of fused-ring (bicyclic) bond motifs is 1. The number of anilines is 1. The fourth-order valence-electron chi connectivity index (χ4n) is 5.25. The van der Waals surface area contributed by atoms with Gasteiger partial charge in [-0.1, -0.05) is 6.08 Å². The first-order chi connectivity index (χ1) is 15.6. The Hall–Kier alpha value is -3.55. The SMILES string of the molecule is Cn1c(C2=CCC3(CC2)CCN(C=CC=O)CC3)c(-c2cccnn2)c2c(N)ncnc21. The van der Waals surface area contributed by atoms with Crippen LogP contribution < -0.4 is 5.73 Å². The Morgan fingerprint density at radius 1 is 1.19 bits per heavy atom. The molecule has 3 aromatic rings. The maximum absolute atomic E-state index is 10.6. The molecule has 8 nitrogen and oxygen atoms in total. The predicted molar refractivity (Wildman–Crippen MR) is 124 cm³/mol. The molecule has 0 saturated carbocycles. The van der Waals surface area contributed by atoms with Crippen LogP contribution in [0.4, 0.5) is 5.82 Å². The second kappa shape index (κ2) is 8.18. The topological polar surface area (TPSA) is 103 Å². The van der Waals surface area contributed by atoms with Gasteiger partial charge in [-0.2, -0.15) is 10.2 Å². The van der Waals surface area contributed by atoms with Crippen LogP contribution in [0.2, 0.25) is 0 Å². The highest BCUT2D eigenvalue weighted by molar-refractivity contribution is 6.05. The quantitative estimate of drug-likeness (QED) is 0.501. The van der Waals surface area contributed by atoms with Gasteiger partial charge in [0.1, 0.15) is 24.1 Å². The van der Waals surface area contributed by atoms with Crippen LogP contribution in [0.25, 0.3) is 27.9 Å². The van der Waals surface area contributed by atoms with Gasteiger partial charge in [0.15, 0.2) is 0 Å².